The molecule has 0 aromatic heterocycles. The number of rotatable bonds is 4. The molecule has 0 spiro atoms. The van der Waals surface area contributed by atoms with Crippen molar-refractivity contribution in [3.8, 4) is 0 Å². The first-order valence-electron chi connectivity index (χ1n) is 8.66. The SMILES string of the molecule is CN1CCC[C@H](N2CCN([C@@H](C(N)=O)c3ccccc3)CC2)C1. The molecule has 0 saturated carbocycles. The number of likely N-dealkylation sites (tertiary alicyclic amines) is 1. The van der Waals surface area contributed by atoms with E-state index >= 15 is 0 Å². The lowest BCUT2D eigenvalue weighted by Gasteiger charge is -2.44. The predicted octanol–water partition coefficient (Wildman–Crippen LogP) is 0.925. The van der Waals surface area contributed by atoms with E-state index in [1.165, 1.54) is 19.4 Å². The molecule has 0 aliphatic carbocycles. The molecule has 23 heavy (non-hydrogen) atoms. The van der Waals surface area contributed by atoms with Crippen LogP contribution in [0.2, 0.25) is 0 Å². The van der Waals surface area contributed by atoms with E-state index in [1.807, 2.05) is 30.3 Å². The van der Waals surface area contributed by atoms with Crippen molar-refractivity contribution in [1.82, 2.24) is 14.7 Å². The monoisotopic (exact) mass is 316 g/mol. The number of amides is 1. The van der Waals surface area contributed by atoms with E-state index in [9.17, 15) is 4.79 Å². The zero-order chi connectivity index (χ0) is 16.2. The Bertz CT molecular complexity index is 513. The van der Waals surface area contributed by atoms with Gasteiger partial charge in [-0.2, -0.15) is 0 Å². The van der Waals surface area contributed by atoms with E-state index in [1.54, 1.807) is 0 Å². The van der Waals surface area contributed by atoms with Crippen LogP contribution in [0.1, 0.15) is 24.4 Å². The number of likely N-dealkylation sites (N-methyl/N-ethyl adjacent to an activating group) is 1. The summed E-state index contributed by atoms with van der Waals surface area (Å²) in [5.74, 6) is -0.248. The molecular weight excluding hydrogens is 288 g/mol. The number of primary amides is 1. The standard InChI is InChI=1S/C18H28N4O/c1-20-9-5-8-16(14-20)21-10-12-22(13-11-21)17(18(19)23)15-6-3-2-4-7-15/h2-4,6-7,16-17H,5,8-14H2,1H3,(H2,19,23)/t16-,17+/m0/s1. The van der Waals surface area contributed by atoms with Crippen molar-refractivity contribution in [2.75, 3.05) is 46.3 Å². The van der Waals surface area contributed by atoms with E-state index in [-0.39, 0.29) is 11.9 Å². The summed E-state index contributed by atoms with van der Waals surface area (Å²) >= 11 is 0. The highest BCUT2D eigenvalue weighted by molar-refractivity contribution is 5.81. The minimum absolute atomic E-state index is 0.248. The highest BCUT2D eigenvalue weighted by Crippen LogP contribution is 2.24. The summed E-state index contributed by atoms with van der Waals surface area (Å²) in [5.41, 5.74) is 6.70. The van der Waals surface area contributed by atoms with Gasteiger partial charge >= 0.3 is 0 Å². The van der Waals surface area contributed by atoms with Crippen molar-refractivity contribution in [1.29, 1.82) is 0 Å². The Kier molecular flexibility index (Phi) is 5.30. The Morgan fingerprint density at radius 2 is 1.83 bits per heavy atom. The highest BCUT2D eigenvalue weighted by Gasteiger charge is 2.32. The lowest BCUT2D eigenvalue weighted by atomic mass is 10.0. The smallest absolute Gasteiger partial charge is 0.239 e. The molecular formula is C18H28N4O. The molecule has 2 heterocycles. The number of nitrogens with two attached hydrogens (primary N) is 1. The first-order chi connectivity index (χ1) is 11.1. The van der Waals surface area contributed by atoms with Crippen molar-refractivity contribution in [2.24, 2.45) is 5.73 Å². The molecule has 5 nitrogen and oxygen atoms in total. The summed E-state index contributed by atoms with van der Waals surface area (Å²) < 4.78 is 0. The zero-order valence-corrected chi connectivity index (χ0v) is 14.0. The summed E-state index contributed by atoms with van der Waals surface area (Å²) in [7, 11) is 2.21. The van der Waals surface area contributed by atoms with Gasteiger partial charge in [-0.15, -0.1) is 0 Å². The summed E-state index contributed by atoms with van der Waals surface area (Å²) in [6.45, 7) is 6.24. The Morgan fingerprint density at radius 3 is 2.43 bits per heavy atom. The number of carbonyl (C=O) groups is 1. The van der Waals surface area contributed by atoms with Gasteiger partial charge in [0.2, 0.25) is 5.91 Å². The first kappa shape index (κ1) is 16.4. The topological polar surface area (TPSA) is 52.8 Å². The van der Waals surface area contributed by atoms with Crippen LogP contribution in [0.5, 0.6) is 0 Å². The summed E-state index contributed by atoms with van der Waals surface area (Å²) in [5, 5.41) is 0. The Labute approximate surface area is 139 Å². The van der Waals surface area contributed by atoms with Crippen molar-refractivity contribution in [3.63, 3.8) is 0 Å². The third-order valence-electron chi connectivity index (χ3n) is 5.21. The maximum Gasteiger partial charge on any atom is 0.239 e. The normalized spacial score (nSPS) is 26.0. The molecule has 2 aliphatic rings. The molecule has 2 aliphatic heterocycles. The lowest BCUT2D eigenvalue weighted by molar-refractivity contribution is -0.124. The van der Waals surface area contributed by atoms with Crippen molar-refractivity contribution in [2.45, 2.75) is 24.9 Å². The fourth-order valence-corrected chi connectivity index (χ4v) is 3.99. The molecule has 1 aromatic rings. The molecule has 2 saturated heterocycles. The molecule has 1 aromatic carbocycles. The van der Waals surface area contributed by atoms with Gasteiger partial charge in [0.15, 0.2) is 0 Å². The Balaban J connectivity index is 1.62. The van der Waals surface area contributed by atoms with E-state index in [4.69, 9.17) is 5.73 Å². The molecule has 0 unspecified atom stereocenters. The fourth-order valence-electron chi connectivity index (χ4n) is 3.99. The van der Waals surface area contributed by atoms with Gasteiger partial charge < -0.3 is 10.6 Å². The van der Waals surface area contributed by atoms with Crippen molar-refractivity contribution >= 4 is 5.91 Å². The third-order valence-corrected chi connectivity index (χ3v) is 5.21. The second-order valence-corrected chi connectivity index (χ2v) is 6.85. The molecule has 1 amide bonds. The van der Waals surface area contributed by atoms with Gasteiger partial charge in [0.1, 0.15) is 6.04 Å². The molecule has 2 fully saturated rings. The molecule has 2 N–H and O–H groups in total. The zero-order valence-electron chi connectivity index (χ0n) is 14.0. The molecule has 5 heteroatoms. The van der Waals surface area contributed by atoms with Crippen LogP contribution in [0.25, 0.3) is 0 Å². The number of hydrogen-bond donors (Lipinski definition) is 1. The van der Waals surface area contributed by atoms with Gasteiger partial charge in [0, 0.05) is 38.8 Å². The molecule has 0 bridgehead atoms. The fraction of sp³-hybridized carbons (Fsp3) is 0.611. The number of piperidine rings is 1. The predicted molar refractivity (Wildman–Crippen MR) is 92.0 cm³/mol. The molecule has 2 atom stereocenters. The molecule has 0 radical (unpaired) electrons. The number of hydrogen-bond acceptors (Lipinski definition) is 4. The summed E-state index contributed by atoms with van der Waals surface area (Å²) in [6, 6.07) is 10.3. The van der Waals surface area contributed by atoms with Crippen molar-refractivity contribution < 1.29 is 4.79 Å². The van der Waals surface area contributed by atoms with Gasteiger partial charge in [0.05, 0.1) is 0 Å². The summed E-state index contributed by atoms with van der Waals surface area (Å²) in [4.78, 5) is 19.2. The first-order valence-corrected chi connectivity index (χ1v) is 8.66. The number of benzene rings is 1. The lowest BCUT2D eigenvalue weighted by Crippen LogP contribution is -2.56. The molecule has 126 valence electrons. The largest absolute Gasteiger partial charge is 0.368 e. The second-order valence-electron chi connectivity index (χ2n) is 6.85. The van der Waals surface area contributed by atoms with Gasteiger partial charge in [0.25, 0.3) is 0 Å². The van der Waals surface area contributed by atoms with E-state index < -0.39 is 0 Å². The van der Waals surface area contributed by atoms with Crippen LogP contribution in [-0.4, -0.2) is 73.0 Å². The maximum atomic E-state index is 12.0. The van der Waals surface area contributed by atoms with E-state index in [2.05, 4.69) is 21.7 Å². The van der Waals surface area contributed by atoms with Gasteiger partial charge in [-0.05, 0) is 32.0 Å². The highest BCUT2D eigenvalue weighted by atomic mass is 16.1. The summed E-state index contributed by atoms with van der Waals surface area (Å²) in [6.07, 6.45) is 2.58. The third kappa shape index (κ3) is 3.91. The average Bonchev–Trinajstić information content (AvgIpc) is 2.56. The number of carbonyl (C=O) groups excluding carboxylic acids is 1. The second kappa shape index (κ2) is 7.43. The quantitative estimate of drug-likeness (QED) is 0.898. The maximum absolute atomic E-state index is 12.0. The average molecular weight is 316 g/mol. The Morgan fingerprint density at radius 1 is 1.13 bits per heavy atom. The van der Waals surface area contributed by atoms with Crippen LogP contribution < -0.4 is 5.73 Å². The van der Waals surface area contributed by atoms with Crippen LogP contribution in [-0.2, 0) is 4.79 Å². The Hall–Kier alpha value is -1.43. The van der Waals surface area contributed by atoms with Crippen LogP contribution >= 0.6 is 0 Å². The van der Waals surface area contributed by atoms with E-state index in [0.717, 1.165) is 38.3 Å². The van der Waals surface area contributed by atoms with Gasteiger partial charge in [-0.1, -0.05) is 30.3 Å². The van der Waals surface area contributed by atoms with E-state index in [0.29, 0.717) is 6.04 Å². The van der Waals surface area contributed by atoms with Crippen LogP contribution in [0, 0.1) is 0 Å². The van der Waals surface area contributed by atoms with Crippen molar-refractivity contribution in [3.05, 3.63) is 35.9 Å². The molecule has 3 rings (SSSR count). The minimum Gasteiger partial charge on any atom is -0.368 e. The van der Waals surface area contributed by atoms with Crippen LogP contribution in [0.4, 0.5) is 0 Å². The number of piperazine rings is 1. The minimum atomic E-state index is -0.299. The van der Waals surface area contributed by atoms with Crippen LogP contribution in [0.15, 0.2) is 30.3 Å². The van der Waals surface area contributed by atoms with Gasteiger partial charge in [-0.3, -0.25) is 14.6 Å². The van der Waals surface area contributed by atoms with Crippen LogP contribution in [0.3, 0.4) is 0 Å². The number of nitrogens with zero attached hydrogens (tertiary/aromatic N) is 3. The van der Waals surface area contributed by atoms with Gasteiger partial charge in [-0.25, -0.2) is 0 Å².